The first-order valence-electron chi connectivity index (χ1n) is 7.81. The van der Waals surface area contributed by atoms with Gasteiger partial charge in [0.2, 0.25) is 5.91 Å². The summed E-state index contributed by atoms with van der Waals surface area (Å²) in [6.07, 6.45) is 1.84. The van der Waals surface area contributed by atoms with Crippen LogP contribution in [-0.2, 0) is 4.79 Å². The van der Waals surface area contributed by atoms with Crippen molar-refractivity contribution in [1.82, 2.24) is 14.8 Å². The number of thiazole rings is 1. The third kappa shape index (κ3) is 3.54. The van der Waals surface area contributed by atoms with Crippen molar-refractivity contribution in [2.45, 2.75) is 6.04 Å². The summed E-state index contributed by atoms with van der Waals surface area (Å²) in [6.45, 7) is 3.52. The SMILES string of the molecule is CN(C)C(=O)C(c1ccccc1)N1CCN(c2nccs2)CC1. The molecule has 1 aromatic heterocycles. The molecule has 1 aliphatic heterocycles. The first-order valence-corrected chi connectivity index (χ1v) is 8.69. The summed E-state index contributed by atoms with van der Waals surface area (Å²) in [6, 6.07) is 9.86. The summed E-state index contributed by atoms with van der Waals surface area (Å²) in [5.41, 5.74) is 1.06. The number of carbonyl (C=O) groups is 1. The van der Waals surface area contributed by atoms with Gasteiger partial charge < -0.3 is 9.80 Å². The highest BCUT2D eigenvalue weighted by Crippen LogP contribution is 2.26. The largest absolute Gasteiger partial charge is 0.347 e. The van der Waals surface area contributed by atoms with Crippen molar-refractivity contribution < 1.29 is 4.79 Å². The lowest BCUT2D eigenvalue weighted by Gasteiger charge is -2.39. The fourth-order valence-electron chi connectivity index (χ4n) is 2.93. The predicted octanol–water partition coefficient (Wildman–Crippen LogP) is 2.09. The summed E-state index contributed by atoms with van der Waals surface area (Å²) in [7, 11) is 3.65. The third-order valence-corrected chi connectivity index (χ3v) is 4.99. The molecule has 0 spiro atoms. The number of nitrogens with zero attached hydrogens (tertiary/aromatic N) is 4. The maximum atomic E-state index is 12.7. The molecule has 2 aromatic rings. The minimum atomic E-state index is -0.204. The van der Waals surface area contributed by atoms with Gasteiger partial charge in [0.25, 0.3) is 0 Å². The number of piperazine rings is 1. The number of amides is 1. The van der Waals surface area contributed by atoms with E-state index < -0.39 is 0 Å². The molecule has 1 aromatic carbocycles. The zero-order chi connectivity index (χ0) is 16.2. The molecule has 3 rings (SSSR count). The number of anilines is 1. The lowest BCUT2D eigenvalue weighted by molar-refractivity contribution is -0.134. The fraction of sp³-hybridized carbons (Fsp3) is 0.412. The Labute approximate surface area is 141 Å². The van der Waals surface area contributed by atoms with Crippen LogP contribution in [0.25, 0.3) is 0 Å². The van der Waals surface area contributed by atoms with E-state index in [1.54, 1.807) is 16.2 Å². The van der Waals surface area contributed by atoms with Gasteiger partial charge in [0.15, 0.2) is 5.13 Å². The summed E-state index contributed by atoms with van der Waals surface area (Å²) < 4.78 is 0. The molecule has 5 nitrogen and oxygen atoms in total. The Balaban J connectivity index is 1.75. The Hall–Kier alpha value is -1.92. The highest BCUT2D eigenvalue weighted by Gasteiger charge is 2.31. The van der Waals surface area contributed by atoms with Crippen LogP contribution >= 0.6 is 11.3 Å². The van der Waals surface area contributed by atoms with Crippen molar-refractivity contribution in [2.24, 2.45) is 0 Å². The second-order valence-electron chi connectivity index (χ2n) is 5.88. The molecular weight excluding hydrogens is 308 g/mol. The Bertz CT molecular complexity index is 621. The minimum absolute atomic E-state index is 0.138. The van der Waals surface area contributed by atoms with Crippen molar-refractivity contribution in [3.8, 4) is 0 Å². The van der Waals surface area contributed by atoms with Gasteiger partial charge in [-0.1, -0.05) is 30.3 Å². The summed E-state index contributed by atoms with van der Waals surface area (Å²) in [5.74, 6) is 0.138. The van der Waals surface area contributed by atoms with Gasteiger partial charge in [0.1, 0.15) is 6.04 Å². The summed E-state index contributed by atoms with van der Waals surface area (Å²) in [5, 5.41) is 3.07. The van der Waals surface area contributed by atoms with E-state index in [2.05, 4.69) is 14.8 Å². The molecule has 0 saturated carbocycles. The van der Waals surface area contributed by atoms with E-state index in [1.807, 2.05) is 56.0 Å². The van der Waals surface area contributed by atoms with Gasteiger partial charge in [-0.15, -0.1) is 11.3 Å². The normalized spacial score (nSPS) is 17.0. The van der Waals surface area contributed by atoms with Crippen molar-refractivity contribution in [3.63, 3.8) is 0 Å². The van der Waals surface area contributed by atoms with Crippen LogP contribution in [0.3, 0.4) is 0 Å². The van der Waals surface area contributed by atoms with E-state index in [-0.39, 0.29) is 11.9 Å². The van der Waals surface area contributed by atoms with Crippen LogP contribution in [0, 0.1) is 0 Å². The number of benzene rings is 1. The van der Waals surface area contributed by atoms with Crippen molar-refractivity contribution in [3.05, 3.63) is 47.5 Å². The van der Waals surface area contributed by atoms with Crippen molar-refractivity contribution in [2.75, 3.05) is 45.2 Å². The lowest BCUT2D eigenvalue weighted by Crippen LogP contribution is -2.51. The molecule has 1 amide bonds. The Morgan fingerprint density at radius 2 is 1.87 bits per heavy atom. The molecule has 1 unspecified atom stereocenters. The van der Waals surface area contributed by atoms with E-state index in [0.29, 0.717) is 0 Å². The predicted molar refractivity (Wildman–Crippen MR) is 93.8 cm³/mol. The van der Waals surface area contributed by atoms with Gasteiger partial charge in [0.05, 0.1) is 0 Å². The van der Waals surface area contributed by atoms with Crippen LogP contribution in [0.2, 0.25) is 0 Å². The molecule has 23 heavy (non-hydrogen) atoms. The second-order valence-corrected chi connectivity index (χ2v) is 6.76. The molecule has 1 fully saturated rings. The van der Waals surface area contributed by atoms with E-state index >= 15 is 0 Å². The average molecular weight is 330 g/mol. The smallest absolute Gasteiger partial charge is 0.244 e. The first-order chi connectivity index (χ1) is 11.2. The topological polar surface area (TPSA) is 39.7 Å². The van der Waals surface area contributed by atoms with E-state index in [1.165, 1.54) is 0 Å². The zero-order valence-electron chi connectivity index (χ0n) is 13.6. The Kier molecular flexibility index (Phi) is 4.93. The molecule has 0 radical (unpaired) electrons. The molecular formula is C17H22N4OS. The molecule has 1 aliphatic rings. The number of hydrogen-bond acceptors (Lipinski definition) is 5. The maximum Gasteiger partial charge on any atom is 0.244 e. The number of hydrogen-bond donors (Lipinski definition) is 0. The maximum absolute atomic E-state index is 12.7. The van der Waals surface area contributed by atoms with Gasteiger partial charge in [0, 0.05) is 51.9 Å². The van der Waals surface area contributed by atoms with Crippen LogP contribution in [0.4, 0.5) is 5.13 Å². The van der Waals surface area contributed by atoms with Gasteiger partial charge in [-0.05, 0) is 5.56 Å². The van der Waals surface area contributed by atoms with Crippen LogP contribution in [-0.4, -0.2) is 61.0 Å². The monoisotopic (exact) mass is 330 g/mol. The quantitative estimate of drug-likeness (QED) is 0.861. The molecule has 0 bridgehead atoms. The number of aromatic nitrogens is 1. The molecule has 122 valence electrons. The van der Waals surface area contributed by atoms with Gasteiger partial charge >= 0.3 is 0 Å². The molecule has 0 N–H and O–H groups in total. The van der Waals surface area contributed by atoms with Gasteiger partial charge in [-0.25, -0.2) is 4.98 Å². The average Bonchev–Trinajstić information content (AvgIpc) is 3.11. The highest BCUT2D eigenvalue weighted by molar-refractivity contribution is 7.13. The van der Waals surface area contributed by atoms with E-state index in [9.17, 15) is 4.79 Å². The van der Waals surface area contributed by atoms with Crippen LogP contribution in [0.1, 0.15) is 11.6 Å². The first kappa shape index (κ1) is 16.0. The van der Waals surface area contributed by atoms with Crippen LogP contribution in [0.15, 0.2) is 41.9 Å². The standard InChI is InChI=1S/C17H22N4OS/c1-19(2)16(22)15(14-6-4-3-5-7-14)20-9-11-21(12-10-20)17-18-8-13-23-17/h3-8,13,15H,9-12H2,1-2H3. The van der Waals surface area contributed by atoms with Crippen molar-refractivity contribution in [1.29, 1.82) is 0 Å². The summed E-state index contributed by atoms with van der Waals surface area (Å²) >= 11 is 1.67. The fourth-order valence-corrected chi connectivity index (χ4v) is 3.63. The van der Waals surface area contributed by atoms with E-state index in [0.717, 1.165) is 36.9 Å². The Morgan fingerprint density at radius 3 is 2.43 bits per heavy atom. The molecule has 0 aliphatic carbocycles. The minimum Gasteiger partial charge on any atom is -0.347 e. The number of carbonyl (C=O) groups excluding carboxylic acids is 1. The molecule has 2 heterocycles. The molecule has 1 atom stereocenters. The lowest BCUT2D eigenvalue weighted by atomic mass is 10.0. The summed E-state index contributed by atoms with van der Waals surface area (Å²) in [4.78, 5) is 23.4. The van der Waals surface area contributed by atoms with E-state index in [4.69, 9.17) is 0 Å². The van der Waals surface area contributed by atoms with Crippen LogP contribution in [0.5, 0.6) is 0 Å². The van der Waals surface area contributed by atoms with Gasteiger partial charge in [-0.3, -0.25) is 9.69 Å². The number of likely N-dealkylation sites (N-methyl/N-ethyl adjacent to an activating group) is 1. The van der Waals surface area contributed by atoms with Crippen molar-refractivity contribution >= 4 is 22.4 Å². The second kappa shape index (κ2) is 7.10. The third-order valence-electron chi connectivity index (χ3n) is 4.16. The zero-order valence-corrected chi connectivity index (χ0v) is 14.4. The highest BCUT2D eigenvalue weighted by atomic mass is 32.1. The Morgan fingerprint density at radius 1 is 1.17 bits per heavy atom. The molecule has 1 saturated heterocycles. The van der Waals surface area contributed by atoms with Gasteiger partial charge in [-0.2, -0.15) is 0 Å². The number of rotatable bonds is 4. The molecule has 6 heteroatoms. The van der Waals surface area contributed by atoms with Crippen LogP contribution < -0.4 is 4.90 Å².